The monoisotopic (exact) mass is 328 g/mol. The van der Waals surface area contributed by atoms with Gasteiger partial charge in [0.05, 0.1) is 0 Å². The van der Waals surface area contributed by atoms with E-state index >= 15 is 0 Å². The van der Waals surface area contributed by atoms with Gasteiger partial charge in [-0.05, 0) is 31.4 Å². The molecular formula is C18H24N4O2. The van der Waals surface area contributed by atoms with Crippen molar-refractivity contribution in [1.29, 1.82) is 0 Å². The van der Waals surface area contributed by atoms with Gasteiger partial charge < -0.3 is 20.9 Å². The molecule has 0 saturated carbocycles. The van der Waals surface area contributed by atoms with E-state index in [9.17, 15) is 9.59 Å². The topological polar surface area (TPSA) is 91.2 Å². The lowest BCUT2D eigenvalue weighted by atomic mass is 10.0. The van der Waals surface area contributed by atoms with E-state index in [2.05, 4.69) is 10.3 Å². The molecule has 2 heterocycles. The molecule has 1 aromatic heterocycles. The van der Waals surface area contributed by atoms with Crippen LogP contribution in [0.1, 0.15) is 35.3 Å². The van der Waals surface area contributed by atoms with Crippen molar-refractivity contribution in [2.45, 2.75) is 32.2 Å². The van der Waals surface area contributed by atoms with Crippen LogP contribution in [0.5, 0.6) is 0 Å². The first-order valence-corrected chi connectivity index (χ1v) is 8.45. The van der Waals surface area contributed by atoms with Gasteiger partial charge in [0.2, 0.25) is 5.91 Å². The summed E-state index contributed by atoms with van der Waals surface area (Å²) in [5, 5.41) is 4.01. The van der Waals surface area contributed by atoms with Crippen molar-refractivity contribution in [3.8, 4) is 0 Å². The number of nitrogens with two attached hydrogens (primary N) is 1. The largest absolute Gasteiger partial charge is 0.352 e. The molecule has 0 bridgehead atoms. The number of para-hydroxylation sites is 1. The van der Waals surface area contributed by atoms with Crippen molar-refractivity contribution in [3.05, 3.63) is 35.5 Å². The fourth-order valence-corrected chi connectivity index (χ4v) is 3.30. The number of fused-ring (bicyclic) bond motifs is 1. The first-order valence-electron chi connectivity index (χ1n) is 8.45. The van der Waals surface area contributed by atoms with Gasteiger partial charge in [0, 0.05) is 43.0 Å². The zero-order chi connectivity index (χ0) is 17.1. The quantitative estimate of drug-likeness (QED) is 0.795. The highest BCUT2D eigenvalue weighted by Gasteiger charge is 2.26. The van der Waals surface area contributed by atoms with Crippen LogP contribution in [0.4, 0.5) is 0 Å². The molecule has 2 aromatic rings. The van der Waals surface area contributed by atoms with Gasteiger partial charge in [0.25, 0.3) is 5.91 Å². The maximum absolute atomic E-state index is 12.8. The highest BCUT2D eigenvalue weighted by molar-refractivity contribution is 5.98. The van der Waals surface area contributed by atoms with Crippen LogP contribution < -0.4 is 11.1 Å². The normalized spacial score (nSPS) is 17.9. The number of rotatable bonds is 4. The third kappa shape index (κ3) is 3.43. The molecule has 4 N–H and O–H groups in total. The Kier molecular flexibility index (Phi) is 4.85. The molecule has 1 unspecified atom stereocenters. The third-order valence-electron chi connectivity index (χ3n) is 4.54. The van der Waals surface area contributed by atoms with Crippen LogP contribution in [0.15, 0.2) is 24.3 Å². The molecule has 6 heteroatoms. The molecule has 6 nitrogen and oxygen atoms in total. The summed E-state index contributed by atoms with van der Waals surface area (Å²) < 4.78 is 0. The first kappa shape index (κ1) is 16.5. The van der Waals surface area contributed by atoms with Gasteiger partial charge in [0.15, 0.2) is 0 Å². The molecular weight excluding hydrogens is 304 g/mol. The molecule has 0 aliphatic carbocycles. The number of hydrogen-bond donors (Lipinski definition) is 3. The van der Waals surface area contributed by atoms with Gasteiger partial charge in [0.1, 0.15) is 5.69 Å². The summed E-state index contributed by atoms with van der Waals surface area (Å²) in [5.74, 6) is -0.0543. The smallest absolute Gasteiger partial charge is 0.270 e. The molecule has 128 valence electrons. The number of piperidine rings is 1. The van der Waals surface area contributed by atoms with Gasteiger partial charge in [-0.3, -0.25) is 9.59 Å². The summed E-state index contributed by atoms with van der Waals surface area (Å²) in [7, 11) is 0. The van der Waals surface area contributed by atoms with Gasteiger partial charge in [-0.1, -0.05) is 18.2 Å². The number of nitrogens with one attached hydrogen (secondary N) is 2. The molecule has 1 aromatic carbocycles. The Morgan fingerprint density at radius 2 is 2.25 bits per heavy atom. The van der Waals surface area contributed by atoms with Crippen LogP contribution in [-0.2, 0) is 4.79 Å². The van der Waals surface area contributed by atoms with Crippen LogP contribution in [0.25, 0.3) is 10.9 Å². The Morgan fingerprint density at radius 3 is 3.00 bits per heavy atom. The van der Waals surface area contributed by atoms with E-state index in [4.69, 9.17) is 5.73 Å². The molecule has 0 spiro atoms. The van der Waals surface area contributed by atoms with Crippen LogP contribution in [0.3, 0.4) is 0 Å². The van der Waals surface area contributed by atoms with Crippen molar-refractivity contribution < 1.29 is 9.59 Å². The van der Waals surface area contributed by atoms with Crippen molar-refractivity contribution in [1.82, 2.24) is 15.2 Å². The minimum absolute atomic E-state index is 0.00728. The fourth-order valence-electron chi connectivity index (χ4n) is 3.30. The highest BCUT2D eigenvalue weighted by atomic mass is 16.2. The molecule has 1 atom stereocenters. The molecule has 1 aliphatic heterocycles. The Balaban J connectivity index is 1.71. The Bertz CT molecular complexity index is 753. The van der Waals surface area contributed by atoms with Gasteiger partial charge in [-0.25, -0.2) is 0 Å². The Labute approximate surface area is 141 Å². The summed E-state index contributed by atoms with van der Waals surface area (Å²) in [5.41, 5.74) is 8.14. The maximum atomic E-state index is 12.8. The number of carbonyl (C=O) groups is 2. The molecule has 2 amide bonds. The first-order chi connectivity index (χ1) is 11.6. The number of H-pyrrole nitrogens is 1. The average Bonchev–Trinajstić information content (AvgIpc) is 3.00. The van der Waals surface area contributed by atoms with Crippen LogP contribution in [0.2, 0.25) is 0 Å². The van der Waals surface area contributed by atoms with E-state index in [1.165, 1.54) is 0 Å². The number of amides is 2. The minimum atomic E-state index is -0.0435. The number of hydrogen-bond acceptors (Lipinski definition) is 3. The van der Waals surface area contributed by atoms with E-state index in [1.807, 2.05) is 36.1 Å². The van der Waals surface area contributed by atoms with E-state index in [-0.39, 0.29) is 17.9 Å². The molecule has 3 rings (SSSR count). The van der Waals surface area contributed by atoms with Crippen LogP contribution in [-0.4, -0.2) is 47.4 Å². The number of carbonyl (C=O) groups excluding carboxylic acids is 2. The van der Waals surface area contributed by atoms with Gasteiger partial charge >= 0.3 is 0 Å². The Morgan fingerprint density at radius 1 is 1.42 bits per heavy atom. The van der Waals surface area contributed by atoms with Crippen molar-refractivity contribution in [2.24, 2.45) is 5.73 Å². The van der Waals surface area contributed by atoms with E-state index < -0.39 is 0 Å². The average molecular weight is 328 g/mol. The number of aromatic amines is 1. The predicted octanol–water partition coefficient (Wildman–Crippen LogP) is 1.55. The molecule has 1 fully saturated rings. The highest BCUT2D eigenvalue weighted by Crippen LogP contribution is 2.21. The van der Waals surface area contributed by atoms with E-state index in [1.54, 1.807) is 0 Å². The lowest BCUT2D eigenvalue weighted by Crippen LogP contribution is -2.49. The van der Waals surface area contributed by atoms with E-state index in [0.717, 1.165) is 35.9 Å². The number of likely N-dealkylation sites (tertiary alicyclic amines) is 1. The molecule has 1 aliphatic rings. The number of benzene rings is 1. The van der Waals surface area contributed by atoms with Crippen molar-refractivity contribution in [2.75, 3.05) is 19.6 Å². The van der Waals surface area contributed by atoms with Crippen molar-refractivity contribution >= 4 is 22.7 Å². The zero-order valence-electron chi connectivity index (χ0n) is 14.0. The zero-order valence-corrected chi connectivity index (χ0v) is 14.0. The molecule has 1 saturated heterocycles. The Hall–Kier alpha value is -2.34. The standard InChI is InChI=1S/C18H24N4O2/c1-12-4-2-5-13-10-15(21-17(12)13)18(24)22-9-3-6-14(11-22)20-16(23)7-8-19/h2,4-5,10,14,21H,3,6-9,11,19H2,1H3,(H,20,23). The van der Waals surface area contributed by atoms with Crippen LogP contribution in [0, 0.1) is 6.92 Å². The van der Waals surface area contributed by atoms with Crippen molar-refractivity contribution in [3.63, 3.8) is 0 Å². The number of nitrogens with zero attached hydrogens (tertiary/aromatic N) is 1. The molecule has 24 heavy (non-hydrogen) atoms. The summed E-state index contributed by atoms with van der Waals surface area (Å²) >= 11 is 0. The summed E-state index contributed by atoms with van der Waals surface area (Å²) in [6, 6.07) is 7.93. The fraction of sp³-hybridized carbons (Fsp3) is 0.444. The van der Waals surface area contributed by atoms with Crippen LogP contribution >= 0.6 is 0 Å². The second-order valence-electron chi connectivity index (χ2n) is 6.42. The second kappa shape index (κ2) is 7.05. The molecule has 0 radical (unpaired) electrons. The summed E-state index contributed by atoms with van der Waals surface area (Å²) in [6.07, 6.45) is 2.11. The minimum Gasteiger partial charge on any atom is -0.352 e. The maximum Gasteiger partial charge on any atom is 0.270 e. The lowest BCUT2D eigenvalue weighted by Gasteiger charge is -2.33. The second-order valence-corrected chi connectivity index (χ2v) is 6.42. The number of aryl methyl sites for hydroxylation is 1. The van der Waals surface area contributed by atoms with Gasteiger partial charge in [-0.2, -0.15) is 0 Å². The third-order valence-corrected chi connectivity index (χ3v) is 4.54. The number of aromatic nitrogens is 1. The summed E-state index contributed by atoms with van der Waals surface area (Å²) in [4.78, 5) is 29.6. The lowest BCUT2D eigenvalue weighted by molar-refractivity contribution is -0.121. The van der Waals surface area contributed by atoms with E-state index in [0.29, 0.717) is 25.2 Å². The SMILES string of the molecule is Cc1cccc2cc(C(=O)N3CCCC(NC(=O)CCN)C3)[nH]c12. The predicted molar refractivity (Wildman–Crippen MR) is 93.8 cm³/mol. The summed E-state index contributed by atoms with van der Waals surface area (Å²) in [6.45, 7) is 3.63. The van der Waals surface area contributed by atoms with Gasteiger partial charge in [-0.15, -0.1) is 0 Å².